The average molecular weight is 548 g/mol. The normalized spacial score (nSPS) is 15.8. The number of halogens is 1. The number of fused-ring (bicyclic) bond motifs is 1. The Morgan fingerprint density at radius 3 is 2.57 bits per heavy atom. The topological polar surface area (TPSA) is 79.4 Å². The molecule has 2 aromatic rings. The van der Waals surface area contributed by atoms with Crippen molar-refractivity contribution < 1.29 is 14.4 Å². The van der Waals surface area contributed by atoms with Crippen molar-refractivity contribution in [3.8, 4) is 0 Å². The van der Waals surface area contributed by atoms with Crippen molar-refractivity contribution in [2.75, 3.05) is 20.6 Å². The number of hydrogen-bond donors (Lipinski definition) is 1. The molecule has 1 N–H and O–H groups in total. The molecule has 2 atom stereocenters. The third-order valence-corrected chi connectivity index (χ3v) is 8.62. The monoisotopic (exact) mass is 547 g/mol. The smallest absolute Gasteiger partial charge is 0.224 e. The third kappa shape index (κ3) is 9.45. The van der Waals surface area contributed by atoms with E-state index >= 15 is 0 Å². The summed E-state index contributed by atoms with van der Waals surface area (Å²) in [5.74, 6) is -0.354. The Labute approximate surface area is 230 Å². The van der Waals surface area contributed by atoms with Crippen LogP contribution in [-0.4, -0.2) is 54.0 Å². The molecule has 8 heteroatoms. The molecule has 0 aliphatic heterocycles. The minimum atomic E-state index is -0.536. The Morgan fingerprint density at radius 2 is 1.86 bits per heavy atom. The summed E-state index contributed by atoms with van der Waals surface area (Å²) in [4.78, 5) is 46.1. The quantitative estimate of drug-likeness (QED) is 0.252. The Hall–Kier alpha value is -1.83. The summed E-state index contributed by atoms with van der Waals surface area (Å²) in [6.07, 6.45) is 9.70. The van der Waals surface area contributed by atoms with E-state index in [2.05, 4.69) is 29.3 Å². The fraction of sp³-hybridized carbons (Fsp3) is 0.655. The molecule has 37 heavy (non-hydrogen) atoms. The molecular formula is C29H42ClN3O3S. The Morgan fingerprint density at radius 1 is 1.14 bits per heavy atom. The van der Waals surface area contributed by atoms with Gasteiger partial charge in [0.25, 0.3) is 0 Å². The maximum absolute atomic E-state index is 13.6. The highest BCUT2D eigenvalue weighted by molar-refractivity contribution is 7.18. The van der Waals surface area contributed by atoms with Gasteiger partial charge in [0.1, 0.15) is 5.78 Å². The Bertz CT molecular complexity index is 1050. The molecule has 1 fully saturated rings. The van der Waals surface area contributed by atoms with Crippen LogP contribution in [0.1, 0.15) is 82.6 Å². The molecule has 1 aliphatic rings. The largest absolute Gasteiger partial charge is 0.346 e. The van der Waals surface area contributed by atoms with Crippen LogP contribution < -0.4 is 5.32 Å². The summed E-state index contributed by atoms with van der Waals surface area (Å²) in [5.41, 5.74) is 0.843. The second-order valence-corrected chi connectivity index (χ2v) is 12.2. The lowest BCUT2D eigenvalue weighted by molar-refractivity contribution is -0.133. The molecule has 1 saturated carbocycles. The van der Waals surface area contributed by atoms with Gasteiger partial charge in [0, 0.05) is 30.7 Å². The zero-order valence-electron chi connectivity index (χ0n) is 22.6. The molecule has 1 aromatic heterocycles. The number of carbonyl (C=O) groups excluding carboxylic acids is 3. The number of rotatable bonds is 16. The van der Waals surface area contributed by atoms with Crippen LogP contribution in [-0.2, 0) is 20.8 Å². The zero-order valence-corrected chi connectivity index (χ0v) is 24.1. The van der Waals surface area contributed by atoms with Crippen LogP contribution in [0.2, 0.25) is 5.02 Å². The maximum atomic E-state index is 13.6. The van der Waals surface area contributed by atoms with Crippen molar-refractivity contribution in [3.63, 3.8) is 0 Å². The highest BCUT2D eigenvalue weighted by Crippen LogP contribution is 2.30. The molecule has 0 spiro atoms. The van der Waals surface area contributed by atoms with Gasteiger partial charge >= 0.3 is 0 Å². The van der Waals surface area contributed by atoms with E-state index < -0.39 is 12.0 Å². The predicted octanol–water partition coefficient (Wildman–Crippen LogP) is 6.23. The zero-order chi connectivity index (χ0) is 26.8. The standard InChI is InChI=1S/C29H42ClN3O3S/c1-4-23(34)17-21(18-27-31-24-15-14-22(30)19-26(24)37-27)29(36)32-28(20-11-8-9-12-20)25(35)13-7-5-6-10-16-33(2)3/h14-15,19-21,28H,4-13,16-18H2,1-3H3,(H,32,36)/t21-,28-/m0/s1. The summed E-state index contributed by atoms with van der Waals surface area (Å²) in [7, 11) is 4.15. The number of carbonyl (C=O) groups is 3. The number of Topliss-reactive ketones (excluding diaryl/α,β-unsaturated/α-hetero) is 2. The van der Waals surface area contributed by atoms with Crippen LogP contribution in [0.25, 0.3) is 10.2 Å². The number of hydrogen-bond acceptors (Lipinski definition) is 6. The van der Waals surface area contributed by atoms with Gasteiger partial charge in [-0.2, -0.15) is 0 Å². The maximum Gasteiger partial charge on any atom is 0.224 e. The number of aromatic nitrogens is 1. The summed E-state index contributed by atoms with van der Waals surface area (Å²) in [6.45, 7) is 2.88. The van der Waals surface area contributed by atoms with E-state index in [9.17, 15) is 14.4 Å². The summed E-state index contributed by atoms with van der Waals surface area (Å²) < 4.78 is 0.966. The first-order valence-electron chi connectivity index (χ1n) is 13.8. The van der Waals surface area contributed by atoms with Gasteiger partial charge in [0.05, 0.1) is 27.2 Å². The summed E-state index contributed by atoms with van der Waals surface area (Å²) in [6, 6.07) is 5.10. The number of benzene rings is 1. The molecule has 1 aromatic carbocycles. The molecule has 1 aliphatic carbocycles. The minimum Gasteiger partial charge on any atom is -0.346 e. The van der Waals surface area contributed by atoms with Crippen molar-refractivity contribution in [1.29, 1.82) is 0 Å². The fourth-order valence-corrected chi connectivity index (χ4v) is 6.50. The summed E-state index contributed by atoms with van der Waals surface area (Å²) >= 11 is 7.64. The molecule has 6 nitrogen and oxygen atoms in total. The van der Waals surface area contributed by atoms with Gasteiger partial charge in [-0.05, 0) is 70.4 Å². The van der Waals surface area contributed by atoms with Gasteiger partial charge in [-0.25, -0.2) is 4.98 Å². The minimum absolute atomic E-state index is 0.0470. The Balaban J connectivity index is 1.66. The van der Waals surface area contributed by atoms with E-state index in [1.807, 2.05) is 19.1 Å². The van der Waals surface area contributed by atoms with Gasteiger partial charge in [-0.1, -0.05) is 44.2 Å². The average Bonchev–Trinajstić information content (AvgIpc) is 3.53. The van der Waals surface area contributed by atoms with Crippen molar-refractivity contribution in [3.05, 3.63) is 28.2 Å². The predicted molar refractivity (Wildman–Crippen MR) is 152 cm³/mol. The number of ketones is 2. The van der Waals surface area contributed by atoms with Crippen LogP contribution in [0.15, 0.2) is 18.2 Å². The van der Waals surface area contributed by atoms with E-state index in [-0.39, 0.29) is 29.8 Å². The van der Waals surface area contributed by atoms with Gasteiger partial charge in [0.15, 0.2) is 5.78 Å². The van der Waals surface area contributed by atoms with E-state index in [1.165, 1.54) is 11.3 Å². The van der Waals surface area contributed by atoms with E-state index in [0.29, 0.717) is 24.3 Å². The lowest BCUT2D eigenvalue weighted by Crippen LogP contribution is -2.48. The van der Waals surface area contributed by atoms with Crippen molar-refractivity contribution >= 4 is 50.6 Å². The van der Waals surface area contributed by atoms with Crippen LogP contribution in [0.3, 0.4) is 0 Å². The van der Waals surface area contributed by atoms with E-state index in [1.54, 1.807) is 6.07 Å². The number of unbranched alkanes of at least 4 members (excludes halogenated alkanes) is 3. The van der Waals surface area contributed by atoms with E-state index in [0.717, 1.165) is 73.1 Å². The van der Waals surface area contributed by atoms with Crippen LogP contribution in [0, 0.1) is 11.8 Å². The van der Waals surface area contributed by atoms with Crippen molar-refractivity contribution in [2.45, 2.75) is 90.0 Å². The highest BCUT2D eigenvalue weighted by atomic mass is 35.5. The summed E-state index contributed by atoms with van der Waals surface area (Å²) in [5, 5.41) is 4.58. The first kappa shape index (κ1) is 29.7. The first-order chi connectivity index (χ1) is 17.8. The SMILES string of the molecule is CCC(=O)C[C@@H](Cc1nc2ccc(Cl)cc2s1)C(=O)N[C@H](C(=O)CCCCCCN(C)C)C1CCCC1. The van der Waals surface area contributed by atoms with Crippen LogP contribution in [0.4, 0.5) is 0 Å². The van der Waals surface area contributed by atoms with Crippen LogP contribution in [0.5, 0.6) is 0 Å². The second kappa shape index (κ2) is 14.9. The fourth-order valence-electron chi connectivity index (χ4n) is 5.18. The first-order valence-corrected chi connectivity index (χ1v) is 15.0. The van der Waals surface area contributed by atoms with E-state index in [4.69, 9.17) is 11.6 Å². The molecule has 0 radical (unpaired) electrons. The lowest BCUT2D eigenvalue weighted by Gasteiger charge is -2.26. The number of nitrogens with zero attached hydrogens (tertiary/aromatic N) is 2. The molecule has 204 valence electrons. The Kier molecular flexibility index (Phi) is 12.0. The van der Waals surface area contributed by atoms with Gasteiger partial charge < -0.3 is 10.2 Å². The number of nitrogens with one attached hydrogen (secondary N) is 1. The molecular weight excluding hydrogens is 506 g/mol. The third-order valence-electron chi connectivity index (χ3n) is 7.35. The van der Waals surface area contributed by atoms with Crippen LogP contribution >= 0.6 is 22.9 Å². The molecule has 3 rings (SSSR count). The second-order valence-electron chi connectivity index (χ2n) is 10.7. The highest BCUT2D eigenvalue weighted by Gasteiger charge is 2.34. The molecule has 0 bridgehead atoms. The lowest BCUT2D eigenvalue weighted by atomic mass is 9.90. The molecule has 1 heterocycles. The van der Waals surface area contributed by atoms with Gasteiger partial charge in [0.2, 0.25) is 5.91 Å². The number of amides is 1. The molecule has 0 unspecified atom stereocenters. The van der Waals surface area contributed by atoms with Crippen molar-refractivity contribution in [1.82, 2.24) is 15.2 Å². The molecule has 1 amide bonds. The van der Waals surface area contributed by atoms with Gasteiger partial charge in [-0.3, -0.25) is 14.4 Å². The molecule has 0 saturated heterocycles. The van der Waals surface area contributed by atoms with Crippen molar-refractivity contribution in [2.24, 2.45) is 11.8 Å². The number of thiazole rings is 1. The van der Waals surface area contributed by atoms with Gasteiger partial charge in [-0.15, -0.1) is 11.3 Å².